The van der Waals surface area contributed by atoms with E-state index >= 15 is 0 Å². The summed E-state index contributed by atoms with van der Waals surface area (Å²) >= 11 is 0. The van der Waals surface area contributed by atoms with E-state index in [1.54, 1.807) is 63.5 Å². The summed E-state index contributed by atoms with van der Waals surface area (Å²) in [5.41, 5.74) is 15.5. The molecular formula is C49H62N14O8. The van der Waals surface area contributed by atoms with Gasteiger partial charge in [0.25, 0.3) is 11.8 Å². The molecule has 0 unspecified atom stereocenters. The molecule has 1 fully saturated rings. The van der Waals surface area contributed by atoms with Crippen molar-refractivity contribution >= 4 is 69.3 Å². The number of carbonyl (C=O) groups excluding carboxylic acids is 6. The van der Waals surface area contributed by atoms with Crippen molar-refractivity contribution in [3.8, 4) is 11.5 Å². The first-order valence-corrected chi connectivity index (χ1v) is 23.8. The molecule has 71 heavy (non-hydrogen) atoms. The SMILES string of the molecule is CCn1nc(C)cc1C(=O)Nc1nc2cc(C(N)=O)cc(OC)c2n1C/C=C/Cn1c(NC(=O)c2cc(C)nn2CC)nc2cc(C(N)=O)cc(OCCCN3CCN(C(=O)CCCCC(C)=O)CC3)c21. The van der Waals surface area contributed by atoms with Gasteiger partial charge in [-0.05, 0) is 90.3 Å². The highest BCUT2D eigenvalue weighted by atomic mass is 16.5. The maximum atomic E-state index is 13.9. The van der Waals surface area contributed by atoms with Gasteiger partial charge in [-0.1, -0.05) is 12.2 Å². The van der Waals surface area contributed by atoms with Crippen molar-refractivity contribution in [1.82, 2.24) is 48.5 Å². The Labute approximate surface area is 410 Å². The third kappa shape index (κ3) is 11.9. The number of hydrogen-bond donors (Lipinski definition) is 4. The number of piperazine rings is 1. The molecule has 6 N–H and O–H groups in total. The van der Waals surface area contributed by atoms with E-state index < -0.39 is 23.6 Å². The van der Waals surface area contributed by atoms with E-state index in [0.717, 1.165) is 0 Å². The minimum Gasteiger partial charge on any atom is -0.494 e. The second-order valence-corrected chi connectivity index (χ2v) is 17.4. The van der Waals surface area contributed by atoms with Gasteiger partial charge in [0.1, 0.15) is 39.7 Å². The number of carbonyl (C=O) groups is 6. The van der Waals surface area contributed by atoms with Gasteiger partial charge in [-0.25, -0.2) is 9.97 Å². The molecule has 0 bridgehead atoms. The van der Waals surface area contributed by atoms with Crippen LogP contribution in [0.25, 0.3) is 22.1 Å². The van der Waals surface area contributed by atoms with Gasteiger partial charge < -0.3 is 39.8 Å². The average Bonchev–Trinajstić information content (AvgIpc) is 4.12. The van der Waals surface area contributed by atoms with Crippen molar-refractivity contribution in [3.05, 3.63) is 82.5 Å². The lowest BCUT2D eigenvalue weighted by Crippen LogP contribution is -2.48. The number of aryl methyl sites for hydroxylation is 4. The van der Waals surface area contributed by atoms with Crippen LogP contribution in [0.5, 0.6) is 11.5 Å². The average molecular weight is 975 g/mol. The Balaban J connectivity index is 1.16. The number of rotatable bonds is 23. The van der Waals surface area contributed by atoms with E-state index in [1.807, 2.05) is 30.9 Å². The van der Waals surface area contributed by atoms with Crippen molar-refractivity contribution in [2.75, 3.05) is 57.1 Å². The second-order valence-electron chi connectivity index (χ2n) is 17.4. The summed E-state index contributed by atoms with van der Waals surface area (Å²) in [7, 11) is 1.46. The molecular weight excluding hydrogens is 913 g/mol. The predicted octanol–water partition coefficient (Wildman–Crippen LogP) is 4.47. The Kier molecular flexibility index (Phi) is 16.3. The van der Waals surface area contributed by atoms with E-state index in [4.69, 9.17) is 30.9 Å². The van der Waals surface area contributed by atoms with Gasteiger partial charge in [0.2, 0.25) is 29.6 Å². The Bertz CT molecular complexity index is 3010. The zero-order valence-electron chi connectivity index (χ0n) is 41.1. The molecule has 6 aromatic rings. The fourth-order valence-corrected chi connectivity index (χ4v) is 8.69. The van der Waals surface area contributed by atoms with Crippen LogP contribution in [0.2, 0.25) is 0 Å². The zero-order valence-corrected chi connectivity index (χ0v) is 41.1. The predicted molar refractivity (Wildman–Crippen MR) is 266 cm³/mol. The molecule has 376 valence electrons. The maximum absolute atomic E-state index is 13.9. The molecule has 7 rings (SSSR count). The van der Waals surface area contributed by atoms with Gasteiger partial charge in [0.05, 0.1) is 36.1 Å². The van der Waals surface area contributed by atoms with Crippen LogP contribution in [0.3, 0.4) is 0 Å². The lowest BCUT2D eigenvalue weighted by molar-refractivity contribution is -0.133. The lowest BCUT2D eigenvalue weighted by atomic mass is 10.1. The van der Waals surface area contributed by atoms with Crippen molar-refractivity contribution in [1.29, 1.82) is 0 Å². The van der Waals surface area contributed by atoms with E-state index in [1.165, 1.54) is 19.2 Å². The van der Waals surface area contributed by atoms with Crippen molar-refractivity contribution in [2.24, 2.45) is 11.5 Å². The van der Waals surface area contributed by atoms with Crippen LogP contribution >= 0.6 is 0 Å². The molecule has 22 nitrogen and oxygen atoms in total. The van der Waals surface area contributed by atoms with E-state index in [-0.39, 0.29) is 54.4 Å². The van der Waals surface area contributed by atoms with Crippen LogP contribution < -0.4 is 31.6 Å². The lowest BCUT2D eigenvalue weighted by Gasteiger charge is -2.34. The smallest absolute Gasteiger partial charge is 0.276 e. The monoisotopic (exact) mass is 974 g/mol. The number of nitrogens with zero attached hydrogens (tertiary/aromatic N) is 10. The van der Waals surface area contributed by atoms with Gasteiger partial charge in [0.15, 0.2) is 0 Å². The minimum absolute atomic E-state index is 0.110. The second kappa shape index (κ2) is 22.7. The summed E-state index contributed by atoms with van der Waals surface area (Å²) in [5, 5.41) is 14.7. The molecule has 0 radical (unpaired) electrons. The number of methoxy groups -OCH3 is 1. The van der Waals surface area contributed by atoms with Crippen LogP contribution in [-0.4, -0.2) is 130 Å². The summed E-state index contributed by atoms with van der Waals surface area (Å²) in [4.78, 5) is 90.4. The maximum Gasteiger partial charge on any atom is 0.276 e. The molecule has 4 aromatic heterocycles. The number of benzene rings is 2. The minimum atomic E-state index is -0.687. The number of imidazole rings is 2. The topological polar surface area (TPSA) is 275 Å². The Morgan fingerprint density at radius 1 is 0.676 bits per heavy atom. The number of Topliss-reactive ketones (excluding diaryl/α,β-unsaturated/α-hetero) is 1. The Morgan fingerprint density at radius 3 is 1.65 bits per heavy atom. The molecule has 0 aliphatic carbocycles. The normalized spacial score (nSPS) is 13.1. The standard InChI is InChI=1S/C49H62N14O8/c1-7-62-37(24-30(3)56-62)46(68)54-48-52-35-26-33(44(50)66)28-39(70-6)42(35)60(48)17-11-12-18-61-43-36(53-49(61)55-47(69)38-25-31(4)57-63(38)8-2)27-34(45(51)67)29-40(43)71-23-13-16-58-19-21-59(22-20-58)41(65)15-10-9-14-32(5)64/h11-12,24-29H,7-10,13-23H2,1-6H3,(H2,50,66)(H2,51,67)(H,52,54,68)(H,53,55,69)/b12-11+. The van der Waals surface area contributed by atoms with Crippen molar-refractivity contribution in [2.45, 2.75) is 92.9 Å². The van der Waals surface area contributed by atoms with Crippen molar-refractivity contribution in [3.63, 3.8) is 0 Å². The fraction of sp³-hybridized carbons (Fsp3) is 0.429. The fourth-order valence-electron chi connectivity index (χ4n) is 8.69. The number of nitrogens with two attached hydrogens (primary N) is 2. The number of primary amides is 2. The molecule has 0 spiro atoms. The van der Waals surface area contributed by atoms with Crippen LogP contribution in [0.4, 0.5) is 11.9 Å². The Morgan fingerprint density at radius 2 is 1.17 bits per heavy atom. The molecule has 22 heteroatoms. The van der Waals surface area contributed by atoms with Crippen LogP contribution in [-0.2, 0) is 35.8 Å². The van der Waals surface area contributed by atoms with E-state index in [9.17, 15) is 28.8 Å². The number of hydrogen-bond acceptors (Lipinski definition) is 13. The van der Waals surface area contributed by atoms with Gasteiger partial charge >= 0.3 is 0 Å². The number of fused-ring (bicyclic) bond motifs is 2. The highest BCUT2D eigenvalue weighted by molar-refractivity contribution is 6.05. The van der Waals surface area contributed by atoms with Gasteiger partial charge in [-0.15, -0.1) is 0 Å². The molecule has 5 heterocycles. The summed E-state index contributed by atoms with van der Waals surface area (Å²) in [6.45, 7) is 13.8. The van der Waals surface area contributed by atoms with Crippen LogP contribution in [0.1, 0.15) is 106 Å². The van der Waals surface area contributed by atoms with Crippen LogP contribution in [0.15, 0.2) is 48.6 Å². The van der Waals surface area contributed by atoms with E-state index in [2.05, 4.69) is 25.7 Å². The first kappa shape index (κ1) is 51.0. The number of aromatic nitrogens is 8. The molecule has 1 aliphatic rings. The summed E-state index contributed by atoms with van der Waals surface area (Å²) in [5.74, 6) is -1.05. The quantitative estimate of drug-likeness (QED) is 0.0511. The molecule has 1 aliphatic heterocycles. The zero-order chi connectivity index (χ0) is 50.9. The molecule has 1 saturated heterocycles. The Hall–Kier alpha value is -7.88. The van der Waals surface area contributed by atoms with Crippen molar-refractivity contribution < 1.29 is 38.2 Å². The van der Waals surface area contributed by atoms with Gasteiger partial charge in [0, 0.05) is 82.9 Å². The number of anilines is 2. The highest BCUT2D eigenvalue weighted by Gasteiger charge is 2.25. The molecule has 2 aromatic carbocycles. The molecule has 0 saturated carbocycles. The summed E-state index contributed by atoms with van der Waals surface area (Å²) < 4.78 is 18.9. The first-order chi connectivity index (χ1) is 34.1. The number of ether oxygens (including phenoxy) is 2. The first-order valence-electron chi connectivity index (χ1n) is 23.8. The molecule has 5 amide bonds. The number of unbranched alkanes of at least 4 members (excludes halogenated alkanes) is 1. The highest BCUT2D eigenvalue weighted by Crippen LogP contribution is 2.33. The third-order valence-electron chi connectivity index (χ3n) is 12.2. The van der Waals surface area contributed by atoms with Crippen LogP contribution in [0, 0.1) is 13.8 Å². The van der Waals surface area contributed by atoms with E-state index in [0.29, 0.717) is 134 Å². The summed E-state index contributed by atoms with van der Waals surface area (Å²) in [6, 6.07) is 9.53. The van der Waals surface area contributed by atoms with Gasteiger partial charge in [-0.3, -0.25) is 48.9 Å². The number of ketones is 1. The number of amides is 5. The largest absolute Gasteiger partial charge is 0.494 e. The third-order valence-corrected chi connectivity index (χ3v) is 12.2. The molecule has 0 atom stereocenters. The number of nitrogens with one attached hydrogen (secondary N) is 2. The van der Waals surface area contributed by atoms with Gasteiger partial charge in [-0.2, -0.15) is 10.2 Å². The number of allylic oxidation sites excluding steroid dienone is 2. The summed E-state index contributed by atoms with van der Waals surface area (Å²) in [6.07, 6.45) is 6.65.